The van der Waals surface area contributed by atoms with Crippen molar-refractivity contribution in [2.45, 2.75) is 12.8 Å². The van der Waals surface area contributed by atoms with Crippen LogP contribution in [0, 0.1) is 5.92 Å². The van der Waals surface area contributed by atoms with Gasteiger partial charge < -0.3 is 16.0 Å². The molecule has 1 aromatic heterocycles. The molecule has 0 saturated carbocycles. The summed E-state index contributed by atoms with van der Waals surface area (Å²) < 4.78 is 0. The lowest BCUT2D eigenvalue weighted by Gasteiger charge is -2.30. The monoisotopic (exact) mass is 262 g/mol. The van der Waals surface area contributed by atoms with E-state index in [-0.39, 0.29) is 17.7 Å². The summed E-state index contributed by atoms with van der Waals surface area (Å²) in [6, 6.07) is 3.49. The van der Waals surface area contributed by atoms with E-state index in [2.05, 4.69) is 10.3 Å². The standard InChI is InChI=1S/C13H18N4O2/c1-15-12-10(3-2-6-16-12)13(19)17-7-4-9(5-8-17)11(14)18/h2-3,6,9H,4-5,7-8H2,1H3,(H2,14,18)(H,15,16). The third kappa shape index (κ3) is 2.83. The van der Waals surface area contributed by atoms with E-state index in [0.29, 0.717) is 37.3 Å². The van der Waals surface area contributed by atoms with Crippen molar-refractivity contribution in [3.63, 3.8) is 0 Å². The van der Waals surface area contributed by atoms with Gasteiger partial charge in [-0.2, -0.15) is 0 Å². The second kappa shape index (κ2) is 5.69. The van der Waals surface area contributed by atoms with Crippen LogP contribution in [0.25, 0.3) is 0 Å². The Balaban J connectivity index is 2.07. The Morgan fingerprint density at radius 2 is 2.11 bits per heavy atom. The molecule has 0 radical (unpaired) electrons. The molecular formula is C13H18N4O2. The van der Waals surface area contributed by atoms with Crippen LogP contribution in [0.2, 0.25) is 0 Å². The summed E-state index contributed by atoms with van der Waals surface area (Å²) in [5.41, 5.74) is 5.84. The van der Waals surface area contributed by atoms with Crippen LogP contribution in [0.3, 0.4) is 0 Å². The van der Waals surface area contributed by atoms with Crippen molar-refractivity contribution in [2.75, 3.05) is 25.5 Å². The van der Waals surface area contributed by atoms with Crippen molar-refractivity contribution in [2.24, 2.45) is 11.7 Å². The minimum Gasteiger partial charge on any atom is -0.372 e. The molecule has 6 nitrogen and oxygen atoms in total. The molecule has 2 heterocycles. The predicted molar refractivity (Wildman–Crippen MR) is 71.6 cm³/mol. The van der Waals surface area contributed by atoms with Gasteiger partial charge in [-0.25, -0.2) is 4.98 Å². The van der Waals surface area contributed by atoms with Crippen molar-refractivity contribution in [1.82, 2.24) is 9.88 Å². The number of aromatic nitrogens is 1. The minimum absolute atomic E-state index is 0.0552. The number of nitrogens with one attached hydrogen (secondary N) is 1. The highest BCUT2D eigenvalue weighted by Gasteiger charge is 2.27. The maximum atomic E-state index is 12.4. The van der Waals surface area contributed by atoms with E-state index in [1.165, 1.54) is 0 Å². The number of nitrogens with two attached hydrogens (primary N) is 1. The summed E-state index contributed by atoms with van der Waals surface area (Å²) in [7, 11) is 1.73. The Hall–Kier alpha value is -2.11. The number of hydrogen-bond donors (Lipinski definition) is 2. The van der Waals surface area contributed by atoms with Gasteiger partial charge in [-0.05, 0) is 25.0 Å². The predicted octanol–water partition coefficient (Wildman–Crippen LogP) is 0.461. The van der Waals surface area contributed by atoms with Gasteiger partial charge in [-0.1, -0.05) is 0 Å². The normalized spacial score (nSPS) is 16.2. The van der Waals surface area contributed by atoms with Gasteiger partial charge in [0.2, 0.25) is 5.91 Å². The molecule has 19 heavy (non-hydrogen) atoms. The van der Waals surface area contributed by atoms with Gasteiger partial charge in [-0.3, -0.25) is 9.59 Å². The maximum absolute atomic E-state index is 12.4. The average molecular weight is 262 g/mol. The zero-order chi connectivity index (χ0) is 13.8. The van der Waals surface area contributed by atoms with E-state index < -0.39 is 0 Å². The van der Waals surface area contributed by atoms with E-state index in [1.807, 2.05) is 0 Å². The number of nitrogens with zero attached hydrogens (tertiary/aromatic N) is 2. The van der Waals surface area contributed by atoms with Crippen molar-refractivity contribution in [1.29, 1.82) is 0 Å². The fourth-order valence-electron chi connectivity index (χ4n) is 2.31. The minimum atomic E-state index is -0.274. The SMILES string of the molecule is CNc1ncccc1C(=O)N1CCC(C(N)=O)CC1. The Bertz CT molecular complexity index is 481. The number of piperidine rings is 1. The number of rotatable bonds is 3. The molecule has 2 amide bonds. The van der Waals surface area contributed by atoms with Crippen LogP contribution in [0.5, 0.6) is 0 Å². The molecule has 0 bridgehead atoms. The number of amides is 2. The van der Waals surface area contributed by atoms with Crippen molar-refractivity contribution < 1.29 is 9.59 Å². The molecule has 1 saturated heterocycles. The number of primary amides is 1. The summed E-state index contributed by atoms with van der Waals surface area (Å²) in [6.07, 6.45) is 2.91. The second-order valence-corrected chi connectivity index (χ2v) is 4.62. The van der Waals surface area contributed by atoms with Crippen molar-refractivity contribution in [3.05, 3.63) is 23.9 Å². The van der Waals surface area contributed by atoms with Crippen LogP contribution in [-0.2, 0) is 4.79 Å². The molecule has 3 N–H and O–H groups in total. The number of carbonyl (C=O) groups is 2. The Kier molecular flexibility index (Phi) is 3.99. The largest absolute Gasteiger partial charge is 0.372 e. The smallest absolute Gasteiger partial charge is 0.257 e. The highest BCUT2D eigenvalue weighted by atomic mass is 16.2. The quantitative estimate of drug-likeness (QED) is 0.828. The fraction of sp³-hybridized carbons (Fsp3) is 0.462. The Morgan fingerprint density at radius 3 is 2.68 bits per heavy atom. The molecule has 102 valence electrons. The molecule has 0 unspecified atom stereocenters. The molecule has 0 aliphatic carbocycles. The Morgan fingerprint density at radius 1 is 1.42 bits per heavy atom. The van der Waals surface area contributed by atoms with Gasteiger partial charge in [0.15, 0.2) is 0 Å². The number of likely N-dealkylation sites (tertiary alicyclic amines) is 1. The van der Waals surface area contributed by atoms with Crippen molar-refractivity contribution in [3.8, 4) is 0 Å². The molecule has 1 aromatic rings. The molecule has 1 fully saturated rings. The number of pyridine rings is 1. The molecule has 1 aliphatic rings. The third-order valence-electron chi connectivity index (χ3n) is 3.46. The zero-order valence-electron chi connectivity index (χ0n) is 10.9. The highest BCUT2D eigenvalue weighted by Crippen LogP contribution is 2.20. The molecule has 0 spiro atoms. The van der Waals surface area contributed by atoms with Gasteiger partial charge in [-0.15, -0.1) is 0 Å². The first-order chi connectivity index (χ1) is 9.13. The topological polar surface area (TPSA) is 88.3 Å². The van der Waals surface area contributed by atoms with E-state index in [9.17, 15) is 9.59 Å². The van der Waals surface area contributed by atoms with Crippen LogP contribution in [0.1, 0.15) is 23.2 Å². The molecule has 0 atom stereocenters. The fourth-order valence-corrected chi connectivity index (χ4v) is 2.31. The lowest BCUT2D eigenvalue weighted by molar-refractivity contribution is -0.123. The van der Waals surface area contributed by atoms with E-state index in [0.717, 1.165) is 0 Å². The van der Waals surface area contributed by atoms with Gasteiger partial charge in [0.05, 0.1) is 5.56 Å². The van der Waals surface area contributed by atoms with E-state index in [4.69, 9.17) is 5.73 Å². The van der Waals surface area contributed by atoms with E-state index >= 15 is 0 Å². The Labute approximate surface area is 112 Å². The second-order valence-electron chi connectivity index (χ2n) is 4.62. The van der Waals surface area contributed by atoms with Crippen LogP contribution >= 0.6 is 0 Å². The molecule has 6 heteroatoms. The summed E-state index contributed by atoms with van der Waals surface area (Å²) in [5.74, 6) is 0.135. The van der Waals surface area contributed by atoms with Crippen LogP contribution in [0.4, 0.5) is 5.82 Å². The van der Waals surface area contributed by atoms with Crippen LogP contribution in [-0.4, -0.2) is 41.8 Å². The maximum Gasteiger partial charge on any atom is 0.257 e. The average Bonchev–Trinajstić information content (AvgIpc) is 2.46. The van der Waals surface area contributed by atoms with Gasteiger partial charge in [0, 0.05) is 32.3 Å². The summed E-state index contributed by atoms with van der Waals surface area (Å²) in [5, 5.41) is 2.91. The van der Waals surface area contributed by atoms with Crippen molar-refractivity contribution >= 4 is 17.6 Å². The number of hydrogen-bond acceptors (Lipinski definition) is 4. The first-order valence-electron chi connectivity index (χ1n) is 6.35. The van der Waals surface area contributed by atoms with Gasteiger partial charge in [0.25, 0.3) is 5.91 Å². The summed E-state index contributed by atoms with van der Waals surface area (Å²) >= 11 is 0. The third-order valence-corrected chi connectivity index (χ3v) is 3.46. The van der Waals surface area contributed by atoms with E-state index in [1.54, 1.807) is 30.3 Å². The lowest BCUT2D eigenvalue weighted by atomic mass is 9.96. The molecule has 0 aromatic carbocycles. The first kappa shape index (κ1) is 13.3. The molecule has 1 aliphatic heterocycles. The molecular weight excluding hydrogens is 244 g/mol. The summed E-state index contributed by atoms with van der Waals surface area (Å²) in [4.78, 5) is 29.4. The first-order valence-corrected chi connectivity index (χ1v) is 6.35. The van der Waals surface area contributed by atoms with Crippen LogP contribution < -0.4 is 11.1 Å². The van der Waals surface area contributed by atoms with Gasteiger partial charge in [0.1, 0.15) is 5.82 Å². The van der Waals surface area contributed by atoms with Crippen LogP contribution in [0.15, 0.2) is 18.3 Å². The number of carbonyl (C=O) groups excluding carboxylic acids is 2. The molecule has 2 rings (SSSR count). The number of anilines is 1. The van der Waals surface area contributed by atoms with Gasteiger partial charge >= 0.3 is 0 Å². The zero-order valence-corrected chi connectivity index (χ0v) is 10.9. The summed E-state index contributed by atoms with van der Waals surface area (Å²) in [6.45, 7) is 1.12. The lowest BCUT2D eigenvalue weighted by Crippen LogP contribution is -2.41. The highest BCUT2D eigenvalue weighted by molar-refractivity contribution is 5.98.